The zero-order valence-corrected chi connectivity index (χ0v) is 25.9. The molecule has 244 valence electrons. The molecule has 47 heavy (non-hydrogen) atoms. The normalized spacial score (nSPS) is 23.4. The molecule has 1 aliphatic carbocycles. The summed E-state index contributed by atoms with van der Waals surface area (Å²) in [5, 5.41) is 27.1. The number of pyridine rings is 1. The van der Waals surface area contributed by atoms with Crippen LogP contribution in [0.3, 0.4) is 0 Å². The summed E-state index contributed by atoms with van der Waals surface area (Å²) in [6.07, 6.45) is -1.60. The Morgan fingerprint density at radius 2 is 2.00 bits per heavy atom. The van der Waals surface area contributed by atoms with Gasteiger partial charge in [-0.05, 0) is 68.1 Å². The molecule has 2 aromatic heterocycles. The number of aromatic nitrogens is 4. The molecule has 1 saturated heterocycles. The molecule has 4 aromatic rings. The first-order chi connectivity index (χ1) is 22.4. The number of aromatic amines is 1. The van der Waals surface area contributed by atoms with Crippen LogP contribution in [0.2, 0.25) is 5.02 Å². The van der Waals surface area contributed by atoms with Crippen molar-refractivity contribution < 1.29 is 32.1 Å². The van der Waals surface area contributed by atoms with E-state index in [2.05, 4.69) is 26.0 Å². The average molecular weight is 669 g/mol. The Morgan fingerprint density at radius 3 is 2.68 bits per heavy atom. The van der Waals surface area contributed by atoms with E-state index in [4.69, 9.17) is 21.1 Å². The second-order valence-electron chi connectivity index (χ2n) is 12.6. The fourth-order valence-corrected chi connectivity index (χ4v) is 6.60. The fourth-order valence-electron chi connectivity index (χ4n) is 6.44. The third-order valence-electron chi connectivity index (χ3n) is 9.16. The molecule has 3 aliphatic rings. The number of rotatable bonds is 7. The van der Waals surface area contributed by atoms with Gasteiger partial charge in [0, 0.05) is 48.3 Å². The molecule has 4 heterocycles. The number of hydrogen-bond donors (Lipinski definition) is 2. The van der Waals surface area contributed by atoms with E-state index in [1.54, 1.807) is 25.1 Å². The molecule has 2 aromatic carbocycles. The topological polar surface area (TPSA) is 120 Å². The number of hydrogen-bond acceptors (Lipinski definition) is 8. The molecular weight excluding hydrogens is 640 g/mol. The van der Waals surface area contributed by atoms with Gasteiger partial charge in [-0.1, -0.05) is 23.7 Å². The van der Waals surface area contributed by atoms with Crippen molar-refractivity contribution in [2.75, 3.05) is 13.1 Å². The number of piperidine rings is 1. The number of alkyl halides is 3. The van der Waals surface area contributed by atoms with Crippen LogP contribution in [-0.4, -0.2) is 49.4 Å². The minimum Gasteiger partial charge on any atom is -0.444 e. The molecule has 2 fully saturated rings. The highest BCUT2D eigenvalue weighted by atomic mass is 35.5. The van der Waals surface area contributed by atoms with Crippen molar-refractivity contribution in [3.05, 3.63) is 87.7 Å². The Labute approximate surface area is 272 Å². The number of likely N-dealkylation sites (tertiary alicyclic amines) is 1. The van der Waals surface area contributed by atoms with E-state index >= 15 is 0 Å². The summed E-state index contributed by atoms with van der Waals surface area (Å²) in [5.41, 5.74) is 2.14. The highest BCUT2D eigenvalue weighted by Crippen LogP contribution is 2.50. The van der Waals surface area contributed by atoms with Gasteiger partial charge in [-0.3, -0.25) is 15.0 Å². The predicted octanol–water partition coefficient (Wildman–Crippen LogP) is 6.52. The van der Waals surface area contributed by atoms with Crippen LogP contribution in [0.25, 0.3) is 11.4 Å². The molecule has 0 bridgehead atoms. The van der Waals surface area contributed by atoms with Crippen LogP contribution in [0.5, 0.6) is 11.5 Å². The number of β-amino-alcohol motifs (C(OH)–C–C–N with tert-alkyl or cyclic N) is 1. The predicted molar refractivity (Wildman–Crippen MR) is 161 cm³/mol. The average Bonchev–Trinajstić information content (AvgIpc) is 3.42. The van der Waals surface area contributed by atoms with Crippen molar-refractivity contribution in [3.8, 4) is 29.0 Å². The summed E-state index contributed by atoms with van der Waals surface area (Å²) in [6, 6.07) is 13.8. The van der Waals surface area contributed by atoms with Crippen molar-refractivity contribution in [2.45, 2.75) is 63.1 Å². The molecule has 2 aliphatic heterocycles. The zero-order chi connectivity index (χ0) is 33.1. The van der Waals surface area contributed by atoms with Crippen molar-refractivity contribution in [1.82, 2.24) is 25.1 Å². The Morgan fingerprint density at radius 1 is 1.19 bits per heavy atom. The van der Waals surface area contributed by atoms with Crippen molar-refractivity contribution in [1.29, 1.82) is 5.26 Å². The van der Waals surface area contributed by atoms with Crippen molar-refractivity contribution in [2.24, 2.45) is 5.41 Å². The number of nitrogens with zero attached hydrogens (tertiary/aromatic N) is 5. The van der Waals surface area contributed by atoms with E-state index in [1.165, 1.54) is 18.3 Å². The number of benzene rings is 2. The lowest BCUT2D eigenvalue weighted by Crippen LogP contribution is -2.42. The number of H-pyrrole nitrogens is 1. The molecule has 3 atom stereocenters. The van der Waals surface area contributed by atoms with Gasteiger partial charge in [0.25, 0.3) is 5.79 Å². The van der Waals surface area contributed by atoms with E-state index in [9.17, 15) is 27.9 Å². The summed E-state index contributed by atoms with van der Waals surface area (Å²) in [4.78, 5) is 10.2. The van der Waals surface area contributed by atoms with Gasteiger partial charge in [-0.2, -0.15) is 23.5 Å². The number of para-hydroxylation sites is 1. The second kappa shape index (κ2) is 11.5. The molecule has 0 spiro atoms. The Hall–Kier alpha value is -4.25. The third kappa shape index (κ3) is 6.01. The molecule has 0 amide bonds. The molecule has 3 unspecified atom stereocenters. The minimum atomic E-state index is -4.67. The summed E-state index contributed by atoms with van der Waals surface area (Å²) >= 11 is 5.95. The third-order valence-corrected chi connectivity index (χ3v) is 9.40. The van der Waals surface area contributed by atoms with Crippen LogP contribution in [-0.2, 0) is 24.9 Å². The molecule has 14 heteroatoms. The van der Waals surface area contributed by atoms with E-state index in [-0.39, 0.29) is 22.3 Å². The Balaban J connectivity index is 1.09. The molecule has 7 rings (SSSR count). The zero-order valence-electron chi connectivity index (χ0n) is 25.1. The van der Waals surface area contributed by atoms with Crippen molar-refractivity contribution in [3.63, 3.8) is 0 Å². The molecule has 9 nitrogen and oxygen atoms in total. The van der Waals surface area contributed by atoms with E-state index in [0.717, 1.165) is 24.0 Å². The number of aliphatic hydroxyl groups excluding tert-OH is 1. The summed E-state index contributed by atoms with van der Waals surface area (Å²) < 4.78 is 66.6. The maximum atomic E-state index is 14.8. The van der Waals surface area contributed by atoms with Gasteiger partial charge in [-0.25, -0.2) is 9.37 Å². The number of nitriles is 1. The smallest absolute Gasteiger partial charge is 0.444 e. The molecule has 1 saturated carbocycles. The number of aliphatic hydroxyl groups is 1. The van der Waals surface area contributed by atoms with Crippen LogP contribution in [0.15, 0.2) is 48.7 Å². The van der Waals surface area contributed by atoms with E-state index < -0.39 is 35.1 Å². The lowest BCUT2D eigenvalue weighted by Gasteiger charge is -2.36. The highest BCUT2D eigenvalue weighted by Gasteiger charge is 2.45. The van der Waals surface area contributed by atoms with Crippen LogP contribution in [0, 0.1) is 22.6 Å². The minimum absolute atomic E-state index is 0.132. The maximum absolute atomic E-state index is 14.8. The first-order valence-electron chi connectivity index (χ1n) is 15.1. The lowest BCUT2D eigenvalue weighted by atomic mass is 9.86. The molecule has 0 radical (unpaired) electrons. The van der Waals surface area contributed by atoms with Crippen LogP contribution >= 0.6 is 11.6 Å². The first kappa shape index (κ1) is 31.4. The summed E-state index contributed by atoms with van der Waals surface area (Å²) in [6.45, 7) is 2.90. The van der Waals surface area contributed by atoms with E-state index in [0.29, 0.717) is 55.2 Å². The standard InChI is InChI=1S/C33H29ClF4N6O3/c1-31(23-6-5-20(34)12-24(23)35)46-27-4-2-3-22(28(27)47-31)21-7-10-44(16-26(21)45)15-25-18(13-32(17-39)8-9-32)11-19(14-40-25)29-41-30(43-42-29)33(36,37)38/h2-6,11-12,14,21,26,45H,7-10,13,15-16H2,1H3,(H,41,42,43). The summed E-state index contributed by atoms with van der Waals surface area (Å²) in [5.74, 6) is -2.71. The van der Waals surface area contributed by atoms with Crippen LogP contribution in [0.4, 0.5) is 17.6 Å². The van der Waals surface area contributed by atoms with Gasteiger partial charge in [0.2, 0.25) is 5.82 Å². The number of halogens is 5. The highest BCUT2D eigenvalue weighted by molar-refractivity contribution is 6.30. The number of ether oxygens (including phenoxy) is 2. The van der Waals surface area contributed by atoms with Gasteiger partial charge in [0.05, 0.1) is 28.8 Å². The van der Waals surface area contributed by atoms with E-state index in [1.807, 2.05) is 17.2 Å². The molecular formula is C33H29ClF4N6O3. The largest absolute Gasteiger partial charge is 0.451 e. The van der Waals surface area contributed by atoms with Gasteiger partial charge < -0.3 is 14.6 Å². The number of fused-ring (bicyclic) bond motifs is 1. The van der Waals surface area contributed by atoms with Gasteiger partial charge in [0.15, 0.2) is 17.3 Å². The van der Waals surface area contributed by atoms with Gasteiger partial charge in [0.1, 0.15) is 5.82 Å². The van der Waals surface area contributed by atoms with Gasteiger partial charge in [-0.15, -0.1) is 0 Å². The number of nitrogens with one attached hydrogen (secondary N) is 1. The Kier molecular flexibility index (Phi) is 7.65. The monoisotopic (exact) mass is 668 g/mol. The summed E-state index contributed by atoms with van der Waals surface area (Å²) in [7, 11) is 0. The first-order valence-corrected chi connectivity index (χ1v) is 15.5. The lowest BCUT2D eigenvalue weighted by molar-refractivity contribution is -0.144. The fraction of sp³-hybridized carbons (Fsp3) is 0.394. The Bertz CT molecular complexity index is 1890. The molecule has 2 N–H and O–H groups in total. The van der Waals surface area contributed by atoms with Gasteiger partial charge >= 0.3 is 6.18 Å². The maximum Gasteiger partial charge on any atom is 0.451 e. The van der Waals surface area contributed by atoms with Crippen molar-refractivity contribution >= 4 is 11.6 Å². The quantitative estimate of drug-likeness (QED) is 0.214. The van der Waals surface area contributed by atoms with Crippen LogP contribution in [0.1, 0.15) is 60.3 Å². The van der Waals surface area contributed by atoms with Crippen LogP contribution < -0.4 is 9.47 Å². The second-order valence-corrected chi connectivity index (χ2v) is 13.0. The SMILES string of the molecule is CC1(c2ccc(Cl)cc2F)Oc2cccc(C3CCN(Cc4ncc(-c5n[nH]c(C(F)(F)F)n5)cc4CC4(C#N)CC4)CC3O)c2O1.